The molecule has 0 aliphatic carbocycles. The van der Waals surface area contributed by atoms with E-state index in [1.165, 1.54) is 17.8 Å². The van der Waals surface area contributed by atoms with Crippen LogP contribution in [0.25, 0.3) is 0 Å². The van der Waals surface area contributed by atoms with Crippen molar-refractivity contribution in [3.8, 4) is 0 Å². The maximum Gasteiger partial charge on any atom is 0.287 e. The highest BCUT2D eigenvalue weighted by molar-refractivity contribution is 7.80. The van der Waals surface area contributed by atoms with Crippen LogP contribution in [-0.2, 0) is 7.05 Å². The number of nitrogens with zero attached hydrogens (tertiary/aromatic N) is 2. The molecule has 1 aromatic rings. The number of hydrogen-bond donors (Lipinski definition) is 3. The molecular formula is C7H9N5O3S. The molecule has 0 aliphatic rings. The lowest BCUT2D eigenvalue weighted by atomic mass is 10.4. The van der Waals surface area contributed by atoms with Crippen LogP contribution in [0.15, 0.2) is 12.3 Å². The summed E-state index contributed by atoms with van der Waals surface area (Å²) in [5.41, 5.74) is 9.49. The van der Waals surface area contributed by atoms with Crippen LogP contribution in [0.4, 0.5) is 5.69 Å². The Morgan fingerprint density at radius 2 is 2.25 bits per heavy atom. The molecule has 8 nitrogen and oxygen atoms in total. The third kappa shape index (κ3) is 2.67. The molecule has 0 saturated heterocycles. The van der Waals surface area contributed by atoms with Gasteiger partial charge in [-0.2, -0.15) is 0 Å². The van der Waals surface area contributed by atoms with Gasteiger partial charge in [0.15, 0.2) is 5.11 Å². The summed E-state index contributed by atoms with van der Waals surface area (Å²) in [6.45, 7) is 0. The molecule has 16 heavy (non-hydrogen) atoms. The zero-order valence-electron chi connectivity index (χ0n) is 8.26. The van der Waals surface area contributed by atoms with Crippen molar-refractivity contribution < 1.29 is 9.72 Å². The third-order valence-corrected chi connectivity index (χ3v) is 1.84. The van der Waals surface area contributed by atoms with E-state index >= 15 is 0 Å². The van der Waals surface area contributed by atoms with Gasteiger partial charge in [-0.3, -0.25) is 25.8 Å². The second-order valence-corrected chi connectivity index (χ2v) is 3.33. The third-order valence-electron chi connectivity index (χ3n) is 1.73. The fourth-order valence-electron chi connectivity index (χ4n) is 1.06. The predicted octanol–water partition coefficient (Wildman–Crippen LogP) is -0.589. The topological polar surface area (TPSA) is 115 Å². The normalized spacial score (nSPS) is 9.56. The van der Waals surface area contributed by atoms with Crippen molar-refractivity contribution in [3.05, 3.63) is 28.1 Å². The van der Waals surface area contributed by atoms with Crippen LogP contribution in [-0.4, -0.2) is 20.5 Å². The molecule has 0 saturated carbocycles. The highest BCUT2D eigenvalue weighted by Crippen LogP contribution is 2.14. The summed E-state index contributed by atoms with van der Waals surface area (Å²) in [4.78, 5) is 21.3. The van der Waals surface area contributed by atoms with Gasteiger partial charge in [-0.05, 0) is 12.2 Å². The number of amides is 1. The van der Waals surface area contributed by atoms with Gasteiger partial charge in [0.25, 0.3) is 11.6 Å². The quantitative estimate of drug-likeness (QED) is 0.363. The Bertz CT molecular complexity index is 455. The van der Waals surface area contributed by atoms with Crippen LogP contribution >= 0.6 is 12.2 Å². The summed E-state index contributed by atoms with van der Waals surface area (Å²) in [6, 6.07) is 1.15. The van der Waals surface area contributed by atoms with Crippen molar-refractivity contribution in [1.82, 2.24) is 15.4 Å². The van der Waals surface area contributed by atoms with E-state index in [2.05, 4.69) is 23.1 Å². The predicted molar refractivity (Wildman–Crippen MR) is 59.5 cm³/mol. The molecule has 4 N–H and O–H groups in total. The molecule has 0 fully saturated rings. The van der Waals surface area contributed by atoms with E-state index in [0.717, 1.165) is 6.07 Å². The molecule has 0 unspecified atom stereocenters. The SMILES string of the molecule is Cn1cc([N+](=O)[O-])cc1C(=O)NNC(N)=S. The van der Waals surface area contributed by atoms with Gasteiger partial charge < -0.3 is 10.3 Å². The Hall–Kier alpha value is -2.16. The first-order valence-electron chi connectivity index (χ1n) is 4.08. The maximum atomic E-state index is 11.5. The van der Waals surface area contributed by atoms with Crippen molar-refractivity contribution in [2.75, 3.05) is 0 Å². The molecule has 0 radical (unpaired) electrons. The number of nitrogens with one attached hydrogen (secondary N) is 2. The van der Waals surface area contributed by atoms with Crippen LogP contribution in [0.2, 0.25) is 0 Å². The lowest BCUT2D eigenvalue weighted by Gasteiger charge is -2.05. The fraction of sp³-hybridized carbons (Fsp3) is 0.143. The smallest absolute Gasteiger partial charge is 0.287 e. The molecule has 1 amide bonds. The molecule has 1 aromatic heterocycles. The molecule has 1 rings (SSSR count). The number of hydrazine groups is 1. The molecule has 0 aliphatic heterocycles. The zero-order valence-corrected chi connectivity index (χ0v) is 9.08. The van der Waals surface area contributed by atoms with Gasteiger partial charge in [0.05, 0.1) is 11.1 Å². The first-order chi connectivity index (χ1) is 7.41. The maximum absolute atomic E-state index is 11.5. The monoisotopic (exact) mass is 243 g/mol. The zero-order chi connectivity index (χ0) is 12.3. The van der Waals surface area contributed by atoms with Crippen LogP contribution in [0, 0.1) is 10.1 Å². The minimum Gasteiger partial charge on any atom is -0.375 e. The number of hydrogen-bond acceptors (Lipinski definition) is 4. The lowest BCUT2D eigenvalue weighted by Crippen LogP contribution is -2.44. The standard InChI is InChI=1S/C7H9N5O3S/c1-11-3-4(12(14)15)2-5(11)6(13)9-10-7(8)16/h2-3H,1H3,(H,9,13)(H3,8,10,16). The van der Waals surface area contributed by atoms with E-state index in [1.807, 2.05) is 0 Å². The van der Waals surface area contributed by atoms with Gasteiger partial charge in [0.2, 0.25) is 0 Å². The number of thiocarbonyl (C=S) groups is 1. The number of nitro groups is 1. The van der Waals surface area contributed by atoms with E-state index in [1.54, 1.807) is 0 Å². The molecule has 86 valence electrons. The minimum atomic E-state index is -0.586. The van der Waals surface area contributed by atoms with Crippen molar-refractivity contribution in [2.24, 2.45) is 12.8 Å². The van der Waals surface area contributed by atoms with Gasteiger partial charge in [-0.15, -0.1) is 0 Å². The van der Waals surface area contributed by atoms with E-state index in [9.17, 15) is 14.9 Å². The molecule has 0 bridgehead atoms. The number of carbonyl (C=O) groups is 1. The molecule has 0 spiro atoms. The number of carbonyl (C=O) groups excluding carboxylic acids is 1. The Kier molecular flexibility index (Phi) is 3.40. The molecule has 9 heteroatoms. The van der Waals surface area contributed by atoms with Gasteiger partial charge >= 0.3 is 0 Å². The van der Waals surface area contributed by atoms with E-state index in [4.69, 9.17) is 5.73 Å². The first kappa shape index (κ1) is 11.9. The number of aryl methyl sites for hydroxylation is 1. The largest absolute Gasteiger partial charge is 0.375 e. The highest BCUT2D eigenvalue weighted by atomic mass is 32.1. The number of rotatable bonds is 2. The van der Waals surface area contributed by atoms with Crippen LogP contribution in [0.1, 0.15) is 10.5 Å². The molecule has 0 aromatic carbocycles. The van der Waals surface area contributed by atoms with Crippen molar-refractivity contribution in [3.63, 3.8) is 0 Å². The van der Waals surface area contributed by atoms with Gasteiger partial charge in [-0.1, -0.05) is 0 Å². The van der Waals surface area contributed by atoms with Crippen molar-refractivity contribution in [2.45, 2.75) is 0 Å². The molecular weight excluding hydrogens is 234 g/mol. The minimum absolute atomic E-state index is 0.0999. The van der Waals surface area contributed by atoms with Crippen LogP contribution in [0.3, 0.4) is 0 Å². The molecule has 1 heterocycles. The second kappa shape index (κ2) is 4.57. The lowest BCUT2D eigenvalue weighted by molar-refractivity contribution is -0.384. The first-order valence-corrected chi connectivity index (χ1v) is 4.49. The molecule has 0 atom stereocenters. The summed E-state index contributed by atoms with van der Waals surface area (Å²) < 4.78 is 1.33. The highest BCUT2D eigenvalue weighted by Gasteiger charge is 2.17. The Balaban J connectivity index is 2.83. The van der Waals surface area contributed by atoms with Crippen LogP contribution in [0.5, 0.6) is 0 Å². The van der Waals surface area contributed by atoms with E-state index < -0.39 is 10.8 Å². The number of aromatic nitrogens is 1. The summed E-state index contributed by atoms with van der Waals surface area (Å²) in [7, 11) is 1.52. The van der Waals surface area contributed by atoms with Gasteiger partial charge in [0, 0.05) is 13.1 Å². The van der Waals surface area contributed by atoms with Crippen molar-refractivity contribution in [1.29, 1.82) is 0 Å². The van der Waals surface area contributed by atoms with E-state index in [-0.39, 0.29) is 16.5 Å². The summed E-state index contributed by atoms with van der Waals surface area (Å²) >= 11 is 4.48. The average Bonchev–Trinajstić information content (AvgIpc) is 2.57. The number of nitrogens with two attached hydrogens (primary N) is 1. The second-order valence-electron chi connectivity index (χ2n) is 2.89. The summed E-state index contributed by atoms with van der Waals surface area (Å²) in [5, 5.41) is 10.4. The van der Waals surface area contributed by atoms with E-state index in [0.29, 0.717) is 0 Å². The van der Waals surface area contributed by atoms with Crippen molar-refractivity contribution >= 4 is 28.9 Å². The van der Waals surface area contributed by atoms with Crippen LogP contribution < -0.4 is 16.6 Å². The Morgan fingerprint density at radius 3 is 2.69 bits per heavy atom. The summed E-state index contributed by atoms with van der Waals surface area (Å²) in [5.74, 6) is -0.566. The Labute approximate surface area is 95.5 Å². The summed E-state index contributed by atoms with van der Waals surface area (Å²) in [6.07, 6.45) is 1.23. The average molecular weight is 243 g/mol. The Morgan fingerprint density at radius 1 is 1.62 bits per heavy atom. The van der Waals surface area contributed by atoms with Gasteiger partial charge in [-0.25, -0.2) is 0 Å². The van der Waals surface area contributed by atoms with Gasteiger partial charge in [0.1, 0.15) is 5.69 Å². The fourth-order valence-corrected chi connectivity index (χ4v) is 1.11.